The fourth-order valence-electron chi connectivity index (χ4n) is 3.82. The lowest BCUT2D eigenvalue weighted by Gasteiger charge is -2.14. The highest BCUT2D eigenvalue weighted by Crippen LogP contribution is 2.42. The maximum atomic E-state index is 15.2. The first-order valence-electron chi connectivity index (χ1n) is 10.0. The largest absolute Gasteiger partial charge is 0.378 e. The van der Waals surface area contributed by atoms with Gasteiger partial charge in [0.15, 0.2) is 11.6 Å². The van der Waals surface area contributed by atoms with E-state index < -0.39 is 17.9 Å². The molecule has 2 atom stereocenters. The number of alkyl halides is 1. The molecular weight excluding hydrogens is 426 g/mol. The normalized spacial score (nSPS) is 20.4. The second-order valence-corrected chi connectivity index (χ2v) is 8.49. The molecule has 0 saturated heterocycles. The van der Waals surface area contributed by atoms with Gasteiger partial charge in [-0.05, 0) is 31.4 Å². The summed E-state index contributed by atoms with van der Waals surface area (Å²) in [5, 5.41) is 13.5. The summed E-state index contributed by atoms with van der Waals surface area (Å²) in [5.74, 6) is -1.17. The Bertz CT molecular complexity index is 1360. The zero-order chi connectivity index (χ0) is 21.3. The Hall–Kier alpha value is -3.20. The van der Waals surface area contributed by atoms with Crippen LogP contribution in [0.25, 0.3) is 27.7 Å². The van der Waals surface area contributed by atoms with E-state index in [2.05, 4.69) is 25.8 Å². The first-order valence-corrected chi connectivity index (χ1v) is 10.4. The molecule has 7 nitrogen and oxygen atoms in total. The maximum Gasteiger partial charge on any atom is 0.231 e. The second kappa shape index (κ2) is 6.65. The van der Waals surface area contributed by atoms with Crippen molar-refractivity contribution >= 4 is 45.6 Å². The summed E-state index contributed by atoms with van der Waals surface area (Å²) in [7, 11) is 0. The Kier molecular flexibility index (Phi) is 3.98. The summed E-state index contributed by atoms with van der Waals surface area (Å²) in [5.41, 5.74) is 2.67. The minimum Gasteiger partial charge on any atom is -0.378 e. The monoisotopic (exact) mass is 442 g/mol. The Labute approximate surface area is 179 Å². The fourth-order valence-corrected chi connectivity index (χ4v) is 4.12. The number of carbonyl (C=O) groups is 1. The van der Waals surface area contributed by atoms with E-state index in [1.807, 2.05) is 0 Å². The van der Waals surface area contributed by atoms with Crippen molar-refractivity contribution in [3.63, 3.8) is 0 Å². The number of nitrogens with one attached hydrogen (secondary N) is 3. The van der Waals surface area contributed by atoms with Gasteiger partial charge >= 0.3 is 0 Å². The van der Waals surface area contributed by atoms with Gasteiger partial charge in [-0.2, -0.15) is 5.10 Å². The second-order valence-electron chi connectivity index (χ2n) is 8.11. The molecule has 10 heteroatoms. The van der Waals surface area contributed by atoms with Crippen molar-refractivity contribution in [2.24, 2.45) is 5.92 Å². The van der Waals surface area contributed by atoms with Crippen molar-refractivity contribution in [2.45, 2.75) is 31.5 Å². The molecule has 2 fully saturated rings. The molecule has 1 amide bonds. The number of pyridine rings is 1. The standard InChI is InChI=1S/C21H17ClF2N6O/c22-17-16(12-6-25-29-19(12)20(18(17)24)26-10-2-3-10)9-1-4-15-27-14(8-30(15)7-9)28-21(31)11-5-13(11)23/h1,4,6-8,10-11,13,26H,2-3,5H2,(H,25,29)(H,28,31). The van der Waals surface area contributed by atoms with Crippen LogP contribution in [0, 0.1) is 11.7 Å². The number of fused-ring (bicyclic) bond motifs is 2. The van der Waals surface area contributed by atoms with Gasteiger partial charge in [0.25, 0.3) is 0 Å². The summed E-state index contributed by atoms with van der Waals surface area (Å²) in [6, 6.07) is 3.78. The number of imidazole rings is 1. The number of hydrogen-bond acceptors (Lipinski definition) is 4. The smallest absolute Gasteiger partial charge is 0.231 e. The SMILES string of the molecule is O=C(Nc1cn2cc(-c3c(Cl)c(F)c(NC4CC4)c4[nH]ncc34)ccc2n1)C1CC1F. The third-order valence-electron chi connectivity index (χ3n) is 5.76. The molecule has 2 aliphatic rings. The quantitative estimate of drug-likeness (QED) is 0.423. The van der Waals surface area contributed by atoms with Crippen LogP contribution in [0.15, 0.2) is 30.7 Å². The maximum absolute atomic E-state index is 15.2. The number of hydrogen-bond donors (Lipinski definition) is 3. The zero-order valence-electron chi connectivity index (χ0n) is 16.1. The molecule has 6 rings (SSSR count). The van der Waals surface area contributed by atoms with Crippen molar-refractivity contribution in [1.29, 1.82) is 0 Å². The number of H-pyrrole nitrogens is 1. The lowest BCUT2D eigenvalue weighted by molar-refractivity contribution is -0.117. The number of carbonyl (C=O) groups excluding carboxylic acids is 1. The molecule has 2 aliphatic carbocycles. The first kappa shape index (κ1) is 18.6. The average molecular weight is 443 g/mol. The number of nitrogens with zero attached hydrogens (tertiary/aromatic N) is 3. The van der Waals surface area contributed by atoms with Crippen molar-refractivity contribution < 1.29 is 13.6 Å². The molecule has 158 valence electrons. The van der Waals surface area contributed by atoms with Gasteiger partial charge in [0.2, 0.25) is 5.91 Å². The van der Waals surface area contributed by atoms with E-state index >= 15 is 4.39 Å². The summed E-state index contributed by atoms with van der Waals surface area (Å²) < 4.78 is 30.0. The van der Waals surface area contributed by atoms with Crippen molar-refractivity contribution in [2.75, 3.05) is 10.6 Å². The molecule has 0 aliphatic heterocycles. The van der Waals surface area contributed by atoms with Gasteiger partial charge < -0.3 is 15.0 Å². The van der Waals surface area contributed by atoms with Crippen LogP contribution < -0.4 is 10.6 Å². The molecule has 2 unspecified atom stereocenters. The van der Waals surface area contributed by atoms with Gasteiger partial charge in [0, 0.05) is 28.8 Å². The predicted molar refractivity (Wildman–Crippen MR) is 114 cm³/mol. The third-order valence-corrected chi connectivity index (χ3v) is 6.11. The lowest BCUT2D eigenvalue weighted by atomic mass is 10.0. The average Bonchev–Trinajstić information content (AvgIpc) is 3.61. The Morgan fingerprint density at radius 2 is 2.10 bits per heavy atom. The molecule has 3 N–H and O–H groups in total. The van der Waals surface area contributed by atoms with Gasteiger partial charge in [-0.3, -0.25) is 9.89 Å². The molecule has 0 bridgehead atoms. The van der Waals surface area contributed by atoms with Crippen molar-refractivity contribution in [3.05, 3.63) is 41.6 Å². The summed E-state index contributed by atoms with van der Waals surface area (Å²) >= 11 is 6.48. The summed E-state index contributed by atoms with van der Waals surface area (Å²) in [6.45, 7) is 0. The fraction of sp³-hybridized carbons (Fsp3) is 0.286. The molecule has 0 radical (unpaired) electrons. The number of benzene rings is 1. The molecule has 2 saturated carbocycles. The minimum absolute atomic E-state index is 0.00719. The van der Waals surface area contributed by atoms with Gasteiger partial charge in [-0.25, -0.2) is 13.8 Å². The van der Waals surface area contributed by atoms with E-state index in [1.165, 1.54) is 0 Å². The van der Waals surface area contributed by atoms with Crippen LogP contribution in [0.3, 0.4) is 0 Å². The molecule has 4 aromatic rings. The topological polar surface area (TPSA) is 87.1 Å². The Morgan fingerprint density at radius 3 is 2.84 bits per heavy atom. The number of aromatic amines is 1. The van der Waals surface area contributed by atoms with Crippen LogP contribution in [-0.2, 0) is 4.79 Å². The van der Waals surface area contributed by atoms with Gasteiger partial charge in [-0.15, -0.1) is 0 Å². The molecule has 3 heterocycles. The van der Waals surface area contributed by atoms with Crippen LogP contribution in [0.5, 0.6) is 0 Å². The Balaban J connectivity index is 1.41. The number of rotatable bonds is 5. The molecule has 1 aromatic carbocycles. The molecule has 0 spiro atoms. The highest BCUT2D eigenvalue weighted by atomic mass is 35.5. The molecular formula is C21H17ClF2N6O. The highest BCUT2D eigenvalue weighted by molar-refractivity contribution is 6.36. The van der Waals surface area contributed by atoms with E-state index in [0.29, 0.717) is 39.2 Å². The number of aromatic nitrogens is 4. The van der Waals surface area contributed by atoms with E-state index in [-0.39, 0.29) is 23.4 Å². The van der Waals surface area contributed by atoms with Gasteiger partial charge in [0.1, 0.15) is 11.8 Å². The van der Waals surface area contributed by atoms with Gasteiger partial charge in [-0.1, -0.05) is 11.6 Å². The molecule has 3 aromatic heterocycles. The van der Waals surface area contributed by atoms with Crippen molar-refractivity contribution in [3.8, 4) is 11.1 Å². The predicted octanol–water partition coefficient (Wildman–Crippen LogP) is 4.54. The van der Waals surface area contributed by atoms with Crippen LogP contribution in [0.2, 0.25) is 5.02 Å². The van der Waals surface area contributed by atoms with E-state index in [1.54, 1.807) is 35.1 Å². The number of halogens is 3. The molecule has 31 heavy (non-hydrogen) atoms. The van der Waals surface area contributed by atoms with E-state index in [0.717, 1.165) is 12.8 Å². The Morgan fingerprint density at radius 1 is 1.29 bits per heavy atom. The summed E-state index contributed by atoms with van der Waals surface area (Å²) in [4.78, 5) is 16.3. The van der Waals surface area contributed by atoms with Crippen LogP contribution in [0.4, 0.5) is 20.3 Å². The number of anilines is 2. The van der Waals surface area contributed by atoms with Crippen LogP contribution in [0.1, 0.15) is 19.3 Å². The number of amides is 1. The summed E-state index contributed by atoms with van der Waals surface area (Å²) in [6.07, 6.45) is 6.19. The van der Waals surface area contributed by atoms with E-state index in [9.17, 15) is 9.18 Å². The van der Waals surface area contributed by atoms with Crippen LogP contribution >= 0.6 is 11.6 Å². The highest BCUT2D eigenvalue weighted by Gasteiger charge is 2.43. The lowest BCUT2D eigenvalue weighted by Crippen LogP contribution is -2.15. The third kappa shape index (κ3) is 3.11. The van der Waals surface area contributed by atoms with E-state index in [4.69, 9.17) is 11.6 Å². The zero-order valence-corrected chi connectivity index (χ0v) is 16.9. The minimum atomic E-state index is -1.07. The van der Waals surface area contributed by atoms with Crippen LogP contribution in [-0.4, -0.2) is 37.7 Å². The van der Waals surface area contributed by atoms with Gasteiger partial charge in [0.05, 0.1) is 34.5 Å². The first-order chi connectivity index (χ1) is 15.0. The van der Waals surface area contributed by atoms with Crippen molar-refractivity contribution in [1.82, 2.24) is 19.6 Å².